The van der Waals surface area contributed by atoms with Crippen LogP contribution in [0.1, 0.15) is 10.4 Å². The quantitative estimate of drug-likeness (QED) is 0.693. The molecule has 0 aliphatic rings. The van der Waals surface area contributed by atoms with E-state index in [0.29, 0.717) is 22.4 Å². The molecule has 0 fully saturated rings. The lowest BCUT2D eigenvalue weighted by atomic mass is 10.0. The predicted octanol–water partition coefficient (Wildman–Crippen LogP) is 2.13. The maximum Gasteiger partial charge on any atom is 0.337 e. The van der Waals surface area contributed by atoms with Gasteiger partial charge in [-0.3, -0.25) is 0 Å². The molecule has 2 rings (SSSR count). The molecule has 2 N–H and O–H groups in total. The third-order valence-corrected chi connectivity index (χ3v) is 4.08. The number of esters is 1. The zero-order valence-corrected chi connectivity index (χ0v) is 12.5. The first kappa shape index (κ1) is 15.1. The largest absolute Gasteiger partial charge is 0.465 e. The predicted molar refractivity (Wildman–Crippen MR) is 80.7 cm³/mol. The number of benzene rings is 2. The minimum atomic E-state index is -3.30. The smallest absolute Gasteiger partial charge is 0.337 e. The Morgan fingerprint density at radius 2 is 1.81 bits per heavy atom. The Hall–Kier alpha value is -2.34. The molecule has 0 unspecified atom stereocenters. The van der Waals surface area contributed by atoms with E-state index in [1.54, 1.807) is 30.3 Å². The van der Waals surface area contributed by atoms with Gasteiger partial charge in [-0.25, -0.2) is 13.2 Å². The summed E-state index contributed by atoms with van der Waals surface area (Å²) in [6.45, 7) is 0. The van der Waals surface area contributed by atoms with E-state index in [1.165, 1.54) is 19.2 Å². The van der Waals surface area contributed by atoms with E-state index in [0.717, 1.165) is 6.26 Å². The van der Waals surface area contributed by atoms with Gasteiger partial charge in [0, 0.05) is 11.9 Å². The number of sulfone groups is 1. The molecule has 6 heteroatoms. The normalized spacial score (nSPS) is 11.1. The van der Waals surface area contributed by atoms with E-state index in [1.807, 2.05) is 0 Å². The van der Waals surface area contributed by atoms with Gasteiger partial charge in [0.1, 0.15) is 0 Å². The van der Waals surface area contributed by atoms with Gasteiger partial charge >= 0.3 is 5.97 Å². The second kappa shape index (κ2) is 5.57. The van der Waals surface area contributed by atoms with Crippen molar-refractivity contribution in [1.82, 2.24) is 0 Å². The third-order valence-electron chi connectivity index (χ3n) is 2.97. The fourth-order valence-corrected chi connectivity index (χ4v) is 2.63. The highest BCUT2D eigenvalue weighted by Gasteiger charge is 2.11. The van der Waals surface area contributed by atoms with Crippen LogP contribution in [0.3, 0.4) is 0 Å². The van der Waals surface area contributed by atoms with Crippen molar-refractivity contribution in [3.63, 3.8) is 0 Å². The van der Waals surface area contributed by atoms with Crippen LogP contribution in [-0.2, 0) is 14.6 Å². The number of methoxy groups -OCH3 is 1. The number of rotatable bonds is 3. The molecular formula is C15H15NO4S. The third kappa shape index (κ3) is 3.41. The van der Waals surface area contributed by atoms with Crippen LogP contribution in [0.5, 0.6) is 0 Å². The topological polar surface area (TPSA) is 86.5 Å². The van der Waals surface area contributed by atoms with Crippen molar-refractivity contribution < 1.29 is 17.9 Å². The Labute approximate surface area is 123 Å². The molecule has 0 saturated carbocycles. The van der Waals surface area contributed by atoms with Crippen molar-refractivity contribution in [3.05, 3.63) is 48.0 Å². The second-order valence-corrected chi connectivity index (χ2v) is 6.65. The Kier molecular flexibility index (Phi) is 3.99. The fourth-order valence-electron chi connectivity index (χ4n) is 1.96. The lowest BCUT2D eigenvalue weighted by molar-refractivity contribution is 0.0601. The highest BCUT2D eigenvalue weighted by Crippen LogP contribution is 2.26. The number of carbonyl (C=O) groups excluding carboxylic acids is 1. The molecule has 0 aromatic heterocycles. The van der Waals surface area contributed by atoms with E-state index < -0.39 is 15.8 Å². The molecule has 5 nitrogen and oxygen atoms in total. The van der Waals surface area contributed by atoms with Crippen molar-refractivity contribution in [2.24, 2.45) is 0 Å². The molecule has 110 valence electrons. The number of hydrogen-bond acceptors (Lipinski definition) is 5. The van der Waals surface area contributed by atoms with Crippen LogP contribution in [0.2, 0.25) is 0 Å². The Morgan fingerprint density at radius 3 is 2.43 bits per heavy atom. The summed E-state index contributed by atoms with van der Waals surface area (Å²) in [5, 5.41) is 0. The molecule has 0 aliphatic heterocycles. The summed E-state index contributed by atoms with van der Waals surface area (Å²) in [6, 6.07) is 11.3. The first-order valence-corrected chi connectivity index (χ1v) is 8.00. The molecule has 0 heterocycles. The van der Waals surface area contributed by atoms with Crippen LogP contribution in [-0.4, -0.2) is 27.8 Å². The summed E-state index contributed by atoms with van der Waals surface area (Å²) in [7, 11) is -2.01. The second-order valence-electron chi connectivity index (χ2n) is 4.64. The SMILES string of the molecule is COC(=O)c1cc(N)cc(-c2cccc(S(C)(=O)=O)c2)c1. The Balaban J connectivity index is 2.57. The standard InChI is InChI=1S/C15H15NO4S/c1-20-15(17)12-6-11(7-13(16)8-12)10-4-3-5-14(9-10)21(2,18)19/h3-9H,16H2,1-2H3. The van der Waals surface area contributed by atoms with E-state index >= 15 is 0 Å². The fraction of sp³-hybridized carbons (Fsp3) is 0.133. The van der Waals surface area contributed by atoms with Crippen LogP contribution in [0.4, 0.5) is 5.69 Å². The highest BCUT2D eigenvalue weighted by molar-refractivity contribution is 7.90. The van der Waals surface area contributed by atoms with Crippen LogP contribution >= 0.6 is 0 Å². The van der Waals surface area contributed by atoms with Crippen molar-refractivity contribution in [2.75, 3.05) is 19.1 Å². The van der Waals surface area contributed by atoms with E-state index in [4.69, 9.17) is 5.73 Å². The molecule has 21 heavy (non-hydrogen) atoms. The molecule has 0 radical (unpaired) electrons. The summed E-state index contributed by atoms with van der Waals surface area (Å²) in [6.07, 6.45) is 1.14. The van der Waals surface area contributed by atoms with Gasteiger partial charge in [-0.2, -0.15) is 0 Å². The van der Waals surface area contributed by atoms with Gasteiger partial charge in [-0.15, -0.1) is 0 Å². The van der Waals surface area contributed by atoms with Crippen LogP contribution in [0.25, 0.3) is 11.1 Å². The molecular weight excluding hydrogens is 290 g/mol. The van der Waals surface area contributed by atoms with Crippen LogP contribution in [0.15, 0.2) is 47.4 Å². The summed E-state index contributed by atoms with van der Waals surface area (Å²) < 4.78 is 27.9. The van der Waals surface area contributed by atoms with Gasteiger partial charge in [-0.1, -0.05) is 12.1 Å². The van der Waals surface area contributed by atoms with Crippen molar-refractivity contribution in [2.45, 2.75) is 4.90 Å². The van der Waals surface area contributed by atoms with Gasteiger partial charge in [0.05, 0.1) is 17.6 Å². The van der Waals surface area contributed by atoms with Crippen molar-refractivity contribution in [1.29, 1.82) is 0 Å². The minimum Gasteiger partial charge on any atom is -0.465 e. The van der Waals surface area contributed by atoms with Gasteiger partial charge in [-0.05, 0) is 41.5 Å². The van der Waals surface area contributed by atoms with Crippen LogP contribution < -0.4 is 5.73 Å². The molecule has 0 saturated heterocycles. The number of anilines is 1. The number of nitrogen functional groups attached to an aromatic ring is 1. The Morgan fingerprint density at radius 1 is 1.10 bits per heavy atom. The average Bonchev–Trinajstić information content (AvgIpc) is 2.45. The maximum atomic E-state index is 11.6. The average molecular weight is 305 g/mol. The lowest BCUT2D eigenvalue weighted by Gasteiger charge is -2.08. The lowest BCUT2D eigenvalue weighted by Crippen LogP contribution is -2.03. The zero-order valence-electron chi connectivity index (χ0n) is 11.7. The summed E-state index contributed by atoms with van der Waals surface area (Å²) in [5.41, 5.74) is 7.82. The molecule has 0 aliphatic carbocycles. The maximum absolute atomic E-state index is 11.6. The molecule has 0 amide bonds. The number of nitrogens with two attached hydrogens (primary N) is 1. The summed E-state index contributed by atoms with van der Waals surface area (Å²) in [4.78, 5) is 11.8. The molecule has 2 aromatic carbocycles. The molecule has 0 spiro atoms. The Bertz CT molecular complexity index is 797. The van der Waals surface area contributed by atoms with Gasteiger partial charge < -0.3 is 10.5 Å². The zero-order chi connectivity index (χ0) is 15.6. The molecule has 2 aromatic rings. The van der Waals surface area contributed by atoms with Gasteiger partial charge in [0.25, 0.3) is 0 Å². The van der Waals surface area contributed by atoms with E-state index in [9.17, 15) is 13.2 Å². The molecule has 0 bridgehead atoms. The van der Waals surface area contributed by atoms with Gasteiger partial charge in [0.15, 0.2) is 9.84 Å². The first-order valence-electron chi connectivity index (χ1n) is 6.10. The van der Waals surface area contributed by atoms with E-state index in [2.05, 4.69) is 4.74 Å². The number of ether oxygens (including phenoxy) is 1. The van der Waals surface area contributed by atoms with Crippen molar-refractivity contribution in [3.8, 4) is 11.1 Å². The molecule has 0 atom stereocenters. The van der Waals surface area contributed by atoms with Crippen molar-refractivity contribution >= 4 is 21.5 Å². The minimum absolute atomic E-state index is 0.210. The summed E-state index contributed by atoms with van der Waals surface area (Å²) >= 11 is 0. The van der Waals surface area contributed by atoms with Gasteiger partial charge in [0.2, 0.25) is 0 Å². The van der Waals surface area contributed by atoms with E-state index in [-0.39, 0.29) is 4.90 Å². The number of carbonyl (C=O) groups is 1. The van der Waals surface area contributed by atoms with Crippen LogP contribution in [0, 0.1) is 0 Å². The number of hydrogen-bond donors (Lipinski definition) is 1. The monoisotopic (exact) mass is 305 g/mol. The highest BCUT2D eigenvalue weighted by atomic mass is 32.2. The summed E-state index contributed by atoms with van der Waals surface area (Å²) in [5.74, 6) is -0.497. The first-order chi connectivity index (χ1) is 9.81.